The van der Waals surface area contributed by atoms with E-state index in [2.05, 4.69) is 43.0 Å². The zero-order chi connectivity index (χ0) is 22.9. The second-order valence-corrected chi connectivity index (χ2v) is 10.3. The van der Waals surface area contributed by atoms with Crippen molar-refractivity contribution in [1.82, 2.24) is 14.5 Å². The summed E-state index contributed by atoms with van der Waals surface area (Å²) in [6, 6.07) is 16.2. The number of methoxy groups -OCH3 is 1. The molecule has 0 atom stereocenters. The van der Waals surface area contributed by atoms with Crippen LogP contribution >= 0.6 is 23.1 Å². The third-order valence-corrected chi connectivity index (χ3v) is 8.31. The van der Waals surface area contributed by atoms with E-state index in [9.17, 15) is 4.79 Å². The Bertz CT molecular complexity index is 1340. The Morgan fingerprint density at radius 2 is 1.88 bits per heavy atom. The summed E-state index contributed by atoms with van der Waals surface area (Å²) in [4.78, 5) is 23.5. The van der Waals surface area contributed by atoms with Crippen LogP contribution in [-0.2, 0) is 18.7 Å². The quantitative estimate of drug-likeness (QED) is 0.274. The first-order chi connectivity index (χ1) is 16.1. The number of hydrogen-bond acceptors (Lipinski definition) is 6. The normalized spacial score (nSPS) is 13.9. The first-order valence-electron chi connectivity index (χ1n) is 11.2. The molecule has 2 aromatic carbocycles. The van der Waals surface area contributed by atoms with Crippen LogP contribution in [-0.4, -0.2) is 34.7 Å². The molecule has 3 heterocycles. The number of ether oxygens (including phenoxy) is 1. The van der Waals surface area contributed by atoms with Gasteiger partial charge in [-0.15, -0.1) is 11.3 Å². The van der Waals surface area contributed by atoms with Crippen molar-refractivity contribution in [2.75, 3.05) is 20.2 Å². The number of nitrogens with zero attached hydrogens (tertiary/aromatic N) is 3. The number of aromatic nitrogens is 2. The first-order valence-corrected chi connectivity index (χ1v) is 13.0. The van der Waals surface area contributed by atoms with Crippen molar-refractivity contribution in [2.45, 2.75) is 37.7 Å². The minimum atomic E-state index is 0.0269. The fourth-order valence-electron chi connectivity index (χ4n) is 4.23. The van der Waals surface area contributed by atoms with Gasteiger partial charge in [0.05, 0.1) is 18.2 Å². The molecule has 5 rings (SSSR count). The van der Waals surface area contributed by atoms with E-state index in [4.69, 9.17) is 9.72 Å². The molecule has 1 aliphatic rings. The Hall–Kier alpha value is -2.61. The van der Waals surface area contributed by atoms with Crippen LogP contribution in [0.3, 0.4) is 0 Å². The highest BCUT2D eigenvalue weighted by molar-refractivity contribution is 7.98. The van der Waals surface area contributed by atoms with Crippen LogP contribution < -0.4 is 10.3 Å². The van der Waals surface area contributed by atoms with Crippen LogP contribution in [0.25, 0.3) is 15.9 Å². The molecule has 0 unspecified atom stereocenters. The van der Waals surface area contributed by atoms with E-state index in [1.165, 1.54) is 21.6 Å². The van der Waals surface area contributed by atoms with Gasteiger partial charge in [-0.25, -0.2) is 4.98 Å². The summed E-state index contributed by atoms with van der Waals surface area (Å²) in [7, 11) is 1.65. The number of aryl methyl sites for hydroxylation is 1. The summed E-state index contributed by atoms with van der Waals surface area (Å²) < 4.78 is 7.10. The molecule has 0 saturated heterocycles. The van der Waals surface area contributed by atoms with Crippen molar-refractivity contribution in [1.29, 1.82) is 0 Å². The molecule has 4 aromatic rings. The number of benzene rings is 2. The molecule has 33 heavy (non-hydrogen) atoms. The second kappa shape index (κ2) is 9.33. The number of thiophene rings is 1. The third kappa shape index (κ3) is 4.33. The Balaban J connectivity index is 1.62. The molecule has 0 aliphatic carbocycles. The Kier molecular flexibility index (Phi) is 6.27. The molecule has 0 spiro atoms. The molecular weight excluding hydrogens is 450 g/mol. The van der Waals surface area contributed by atoms with E-state index >= 15 is 0 Å². The van der Waals surface area contributed by atoms with Crippen LogP contribution in [0.4, 0.5) is 0 Å². The Morgan fingerprint density at radius 3 is 2.58 bits per heavy atom. The maximum absolute atomic E-state index is 13.9. The number of rotatable bonds is 6. The summed E-state index contributed by atoms with van der Waals surface area (Å²) in [5.41, 5.74) is 4.48. The lowest BCUT2D eigenvalue weighted by atomic mass is 10.1. The van der Waals surface area contributed by atoms with Crippen LogP contribution in [0.15, 0.2) is 58.5 Å². The van der Waals surface area contributed by atoms with Crippen LogP contribution in [0, 0.1) is 6.92 Å². The fraction of sp³-hybridized carbons (Fsp3) is 0.308. The van der Waals surface area contributed by atoms with Gasteiger partial charge in [-0.2, -0.15) is 0 Å². The molecule has 5 nitrogen and oxygen atoms in total. The molecule has 0 saturated carbocycles. The van der Waals surface area contributed by atoms with Crippen molar-refractivity contribution in [3.05, 3.63) is 80.5 Å². The van der Waals surface area contributed by atoms with E-state index in [1.807, 2.05) is 24.3 Å². The Labute approximate surface area is 202 Å². The lowest BCUT2D eigenvalue weighted by Crippen LogP contribution is -2.30. The summed E-state index contributed by atoms with van der Waals surface area (Å²) in [6.07, 6.45) is 0.901. The molecule has 0 bridgehead atoms. The standard InChI is InChI=1S/C26H27N3O2S2/c1-4-28-14-13-21-22(15-28)33-24-23(21)25(30)29(19-9-11-20(31-3)12-10-19)26(27-24)32-16-18-7-5-17(2)6-8-18/h5-12H,4,13-16H2,1-3H3. The number of likely N-dealkylation sites (N-methyl/N-ethyl adjacent to an activating group) is 1. The molecule has 1 aliphatic heterocycles. The summed E-state index contributed by atoms with van der Waals surface area (Å²) in [5, 5.41) is 1.52. The Morgan fingerprint density at radius 1 is 1.12 bits per heavy atom. The van der Waals surface area contributed by atoms with Gasteiger partial charge in [-0.05, 0) is 55.3 Å². The smallest absolute Gasteiger partial charge is 0.267 e. The highest BCUT2D eigenvalue weighted by Gasteiger charge is 2.25. The SMILES string of the molecule is CCN1CCc2c(sc3nc(SCc4ccc(C)cc4)n(-c4ccc(OC)cc4)c(=O)c23)C1. The van der Waals surface area contributed by atoms with Gasteiger partial charge in [0, 0.05) is 23.7 Å². The molecule has 0 amide bonds. The zero-order valence-corrected chi connectivity index (χ0v) is 20.8. The fourth-order valence-corrected chi connectivity index (χ4v) is 6.51. The average molecular weight is 478 g/mol. The van der Waals surface area contributed by atoms with Crippen molar-refractivity contribution in [3.63, 3.8) is 0 Å². The minimum absolute atomic E-state index is 0.0269. The van der Waals surface area contributed by atoms with Gasteiger partial charge in [0.15, 0.2) is 5.16 Å². The second-order valence-electron chi connectivity index (χ2n) is 8.31. The van der Waals surface area contributed by atoms with Crippen molar-refractivity contribution in [2.24, 2.45) is 0 Å². The third-order valence-electron chi connectivity index (χ3n) is 6.19. The minimum Gasteiger partial charge on any atom is -0.497 e. The maximum atomic E-state index is 13.9. The van der Waals surface area contributed by atoms with E-state index in [1.54, 1.807) is 34.8 Å². The monoisotopic (exact) mass is 477 g/mol. The molecule has 170 valence electrons. The van der Waals surface area contributed by atoms with E-state index in [0.29, 0.717) is 0 Å². The van der Waals surface area contributed by atoms with Crippen molar-refractivity contribution < 1.29 is 4.74 Å². The molecule has 7 heteroatoms. The first kappa shape index (κ1) is 22.2. The molecule has 0 N–H and O–H groups in total. The van der Waals surface area contributed by atoms with E-state index < -0.39 is 0 Å². The largest absolute Gasteiger partial charge is 0.497 e. The maximum Gasteiger partial charge on any atom is 0.267 e. The highest BCUT2D eigenvalue weighted by atomic mass is 32.2. The van der Waals surface area contributed by atoms with Gasteiger partial charge in [0.1, 0.15) is 10.6 Å². The van der Waals surface area contributed by atoms with Gasteiger partial charge in [-0.1, -0.05) is 48.5 Å². The number of thioether (sulfide) groups is 1. The summed E-state index contributed by atoms with van der Waals surface area (Å²) in [6.45, 7) is 7.19. The average Bonchev–Trinajstić information content (AvgIpc) is 3.21. The van der Waals surface area contributed by atoms with Crippen LogP contribution in [0.5, 0.6) is 5.75 Å². The summed E-state index contributed by atoms with van der Waals surface area (Å²) in [5.74, 6) is 1.52. The highest BCUT2D eigenvalue weighted by Crippen LogP contribution is 2.35. The van der Waals surface area contributed by atoms with Crippen molar-refractivity contribution in [3.8, 4) is 11.4 Å². The van der Waals surface area contributed by atoms with Gasteiger partial charge >= 0.3 is 0 Å². The van der Waals surface area contributed by atoms with Crippen LogP contribution in [0.1, 0.15) is 28.5 Å². The van der Waals surface area contributed by atoms with E-state index in [0.717, 1.165) is 58.6 Å². The topological polar surface area (TPSA) is 47.4 Å². The zero-order valence-electron chi connectivity index (χ0n) is 19.1. The molecule has 0 radical (unpaired) electrons. The summed E-state index contributed by atoms with van der Waals surface area (Å²) >= 11 is 3.29. The molecule has 2 aromatic heterocycles. The molecular formula is C26H27N3O2S2. The van der Waals surface area contributed by atoms with Gasteiger partial charge in [0.25, 0.3) is 5.56 Å². The lowest BCUT2D eigenvalue weighted by molar-refractivity contribution is 0.272. The van der Waals surface area contributed by atoms with Gasteiger partial charge in [-0.3, -0.25) is 14.3 Å². The number of hydrogen-bond donors (Lipinski definition) is 0. The molecule has 0 fully saturated rings. The van der Waals surface area contributed by atoms with Gasteiger partial charge in [0.2, 0.25) is 0 Å². The van der Waals surface area contributed by atoms with Gasteiger partial charge < -0.3 is 4.74 Å². The van der Waals surface area contributed by atoms with Crippen LogP contribution in [0.2, 0.25) is 0 Å². The van der Waals surface area contributed by atoms with E-state index in [-0.39, 0.29) is 5.56 Å². The number of fused-ring (bicyclic) bond motifs is 3. The predicted molar refractivity (Wildman–Crippen MR) is 137 cm³/mol. The van der Waals surface area contributed by atoms with Crippen molar-refractivity contribution >= 4 is 33.3 Å². The predicted octanol–water partition coefficient (Wildman–Crippen LogP) is 5.43. The lowest BCUT2D eigenvalue weighted by Gasteiger charge is -2.25.